The lowest BCUT2D eigenvalue weighted by atomic mass is 10.0. The standard InChI is InChI=1S/C27H30N6O/c1-34-26-14-21-20-13-23(18-5-4-8-29-16-18)31-27(28)22(20)17-30-24(21)15-25(26)33-11-6-19(7-12-33)32-9-2-3-10-32/h4-5,8,13-17,19H,2-3,6-7,9-12H2,1H3,(H2,28,31). The monoisotopic (exact) mass is 454 g/mol. The van der Waals surface area contributed by atoms with Crippen molar-refractivity contribution in [2.45, 2.75) is 31.7 Å². The minimum absolute atomic E-state index is 0.470. The van der Waals surface area contributed by atoms with Gasteiger partial charge in [-0.2, -0.15) is 0 Å². The van der Waals surface area contributed by atoms with Crippen LogP contribution in [0.5, 0.6) is 5.75 Å². The maximum Gasteiger partial charge on any atom is 0.142 e. The van der Waals surface area contributed by atoms with Crippen molar-refractivity contribution in [3.05, 3.63) is 48.9 Å². The molecule has 3 aromatic heterocycles. The first-order chi connectivity index (χ1) is 16.7. The summed E-state index contributed by atoms with van der Waals surface area (Å²) in [5.74, 6) is 1.34. The van der Waals surface area contributed by atoms with Gasteiger partial charge in [-0.25, -0.2) is 4.98 Å². The van der Waals surface area contributed by atoms with Gasteiger partial charge in [-0.3, -0.25) is 9.97 Å². The summed E-state index contributed by atoms with van der Waals surface area (Å²) in [5.41, 5.74) is 10.2. The quantitative estimate of drug-likeness (QED) is 0.455. The van der Waals surface area contributed by atoms with Crippen LogP contribution in [0.4, 0.5) is 11.5 Å². The van der Waals surface area contributed by atoms with E-state index in [-0.39, 0.29) is 0 Å². The van der Waals surface area contributed by atoms with Crippen LogP contribution in [0.3, 0.4) is 0 Å². The maximum absolute atomic E-state index is 6.35. The van der Waals surface area contributed by atoms with E-state index in [1.54, 1.807) is 19.5 Å². The Labute approximate surface area is 199 Å². The lowest BCUT2D eigenvalue weighted by molar-refractivity contribution is 0.207. The van der Waals surface area contributed by atoms with Crippen molar-refractivity contribution >= 4 is 33.2 Å². The zero-order valence-electron chi connectivity index (χ0n) is 19.6. The number of anilines is 2. The average molecular weight is 455 g/mol. The number of piperidine rings is 1. The highest BCUT2D eigenvalue weighted by Crippen LogP contribution is 2.38. The van der Waals surface area contributed by atoms with Crippen molar-refractivity contribution in [3.63, 3.8) is 0 Å². The molecule has 7 heteroatoms. The maximum atomic E-state index is 6.35. The van der Waals surface area contributed by atoms with Crippen molar-refractivity contribution in [1.82, 2.24) is 19.9 Å². The normalized spacial score (nSPS) is 17.6. The van der Waals surface area contributed by atoms with Gasteiger partial charge < -0.3 is 20.3 Å². The van der Waals surface area contributed by atoms with Crippen LogP contribution in [0.1, 0.15) is 25.7 Å². The molecule has 4 aromatic rings. The fourth-order valence-electron chi connectivity index (χ4n) is 5.60. The third-order valence-corrected chi connectivity index (χ3v) is 7.43. The third kappa shape index (κ3) is 3.70. The number of aromatic nitrogens is 3. The molecule has 34 heavy (non-hydrogen) atoms. The number of rotatable bonds is 4. The summed E-state index contributed by atoms with van der Waals surface area (Å²) in [5, 5.41) is 2.89. The van der Waals surface area contributed by atoms with E-state index in [4.69, 9.17) is 15.5 Å². The number of pyridine rings is 3. The summed E-state index contributed by atoms with van der Waals surface area (Å²) in [6, 6.07) is 11.0. The van der Waals surface area contributed by atoms with E-state index in [2.05, 4.69) is 38.0 Å². The average Bonchev–Trinajstić information content (AvgIpc) is 3.43. The van der Waals surface area contributed by atoms with Crippen LogP contribution in [0.25, 0.3) is 32.9 Å². The summed E-state index contributed by atoms with van der Waals surface area (Å²) in [6.07, 6.45) is 10.5. The summed E-state index contributed by atoms with van der Waals surface area (Å²) in [7, 11) is 1.75. The van der Waals surface area contributed by atoms with Gasteiger partial charge in [-0.05, 0) is 74.5 Å². The Hall–Kier alpha value is -3.45. The Morgan fingerprint density at radius 2 is 1.79 bits per heavy atom. The highest BCUT2D eigenvalue weighted by Gasteiger charge is 2.28. The first kappa shape index (κ1) is 21.1. The number of nitrogens with two attached hydrogens (primary N) is 1. The zero-order chi connectivity index (χ0) is 23.1. The summed E-state index contributed by atoms with van der Waals surface area (Å²) in [4.78, 5) is 18.7. The zero-order valence-corrected chi connectivity index (χ0v) is 19.6. The molecule has 1 aromatic carbocycles. The first-order valence-electron chi connectivity index (χ1n) is 12.2. The lowest BCUT2D eigenvalue weighted by Gasteiger charge is -2.38. The highest BCUT2D eigenvalue weighted by atomic mass is 16.5. The predicted octanol–water partition coefficient (Wildman–Crippen LogP) is 4.50. The molecule has 0 amide bonds. The molecule has 0 atom stereocenters. The second-order valence-corrected chi connectivity index (χ2v) is 9.36. The number of hydrogen-bond donors (Lipinski definition) is 1. The molecule has 0 aliphatic carbocycles. The van der Waals surface area contributed by atoms with Crippen LogP contribution < -0.4 is 15.4 Å². The molecule has 5 heterocycles. The number of benzene rings is 1. The van der Waals surface area contributed by atoms with Gasteiger partial charge in [0.05, 0.1) is 24.0 Å². The molecule has 2 N–H and O–H groups in total. The van der Waals surface area contributed by atoms with Crippen LogP contribution >= 0.6 is 0 Å². The summed E-state index contributed by atoms with van der Waals surface area (Å²) in [6.45, 7) is 4.61. The van der Waals surface area contributed by atoms with Crippen molar-refractivity contribution < 1.29 is 4.74 Å². The molecular formula is C27H30N6O. The molecule has 2 aliphatic heterocycles. The van der Waals surface area contributed by atoms with Gasteiger partial charge in [0.1, 0.15) is 11.6 Å². The van der Waals surface area contributed by atoms with Gasteiger partial charge in [0, 0.05) is 54.1 Å². The Morgan fingerprint density at radius 3 is 2.53 bits per heavy atom. The number of nitrogens with zero attached hydrogens (tertiary/aromatic N) is 5. The van der Waals surface area contributed by atoms with Gasteiger partial charge in [-0.15, -0.1) is 0 Å². The van der Waals surface area contributed by atoms with Crippen LogP contribution in [-0.4, -0.2) is 59.2 Å². The molecule has 2 aliphatic rings. The Bertz CT molecular complexity index is 1330. The second kappa shape index (κ2) is 8.72. The van der Waals surface area contributed by atoms with E-state index in [1.807, 2.05) is 18.3 Å². The van der Waals surface area contributed by atoms with Crippen molar-refractivity contribution in [3.8, 4) is 17.0 Å². The molecule has 0 saturated carbocycles. The SMILES string of the molecule is COc1cc2c(cc1N1CCC(N3CCCC3)CC1)ncc1c(N)nc(-c3cccnc3)cc12. The van der Waals surface area contributed by atoms with Crippen LogP contribution in [-0.2, 0) is 0 Å². The van der Waals surface area contributed by atoms with Crippen molar-refractivity contribution in [2.75, 3.05) is 43.9 Å². The molecule has 0 bridgehead atoms. The number of ether oxygens (including phenoxy) is 1. The minimum Gasteiger partial charge on any atom is -0.495 e. The van der Waals surface area contributed by atoms with Crippen molar-refractivity contribution in [2.24, 2.45) is 0 Å². The van der Waals surface area contributed by atoms with Crippen molar-refractivity contribution in [1.29, 1.82) is 0 Å². The molecule has 174 valence electrons. The van der Waals surface area contributed by atoms with Gasteiger partial charge in [-0.1, -0.05) is 0 Å². The van der Waals surface area contributed by atoms with Crippen LogP contribution in [0.2, 0.25) is 0 Å². The van der Waals surface area contributed by atoms with Gasteiger partial charge in [0.2, 0.25) is 0 Å². The summed E-state index contributed by atoms with van der Waals surface area (Å²) < 4.78 is 5.89. The molecule has 6 rings (SSSR count). The molecule has 0 spiro atoms. The van der Waals surface area contributed by atoms with Gasteiger partial charge in [0.25, 0.3) is 0 Å². The van der Waals surface area contributed by atoms with E-state index < -0.39 is 0 Å². The molecule has 0 radical (unpaired) electrons. The number of nitrogen functional groups attached to an aromatic ring is 1. The highest BCUT2D eigenvalue weighted by molar-refractivity contribution is 6.11. The molecule has 0 unspecified atom stereocenters. The first-order valence-corrected chi connectivity index (χ1v) is 12.2. The smallest absolute Gasteiger partial charge is 0.142 e. The van der Waals surface area contributed by atoms with Crippen LogP contribution in [0, 0.1) is 0 Å². The molecular weight excluding hydrogens is 424 g/mol. The number of methoxy groups -OCH3 is 1. The van der Waals surface area contributed by atoms with E-state index in [9.17, 15) is 0 Å². The fraction of sp³-hybridized carbons (Fsp3) is 0.370. The summed E-state index contributed by atoms with van der Waals surface area (Å²) >= 11 is 0. The Kier molecular flexibility index (Phi) is 5.41. The third-order valence-electron chi connectivity index (χ3n) is 7.43. The molecule has 2 saturated heterocycles. The number of fused-ring (bicyclic) bond motifs is 3. The van der Waals surface area contributed by atoms with E-state index in [1.165, 1.54) is 38.8 Å². The van der Waals surface area contributed by atoms with Gasteiger partial charge >= 0.3 is 0 Å². The van der Waals surface area contributed by atoms with Crippen LogP contribution in [0.15, 0.2) is 48.9 Å². The van der Waals surface area contributed by atoms with E-state index in [0.29, 0.717) is 11.9 Å². The minimum atomic E-state index is 0.470. The Morgan fingerprint density at radius 1 is 0.971 bits per heavy atom. The number of hydrogen-bond acceptors (Lipinski definition) is 7. The van der Waals surface area contributed by atoms with E-state index in [0.717, 1.165) is 57.5 Å². The Balaban J connectivity index is 1.39. The largest absolute Gasteiger partial charge is 0.495 e. The molecule has 7 nitrogen and oxygen atoms in total. The predicted molar refractivity (Wildman–Crippen MR) is 137 cm³/mol. The fourth-order valence-corrected chi connectivity index (χ4v) is 5.60. The lowest BCUT2D eigenvalue weighted by Crippen LogP contribution is -2.43. The molecule has 2 fully saturated rings. The number of likely N-dealkylation sites (tertiary alicyclic amines) is 1. The van der Waals surface area contributed by atoms with E-state index >= 15 is 0 Å². The topological polar surface area (TPSA) is 80.4 Å². The van der Waals surface area contributed by atoms with Gasteiger partial charge in [0.15, 0.2) is 0 Å². The second-order valence-electron chi connectivity index (χ2n) is 9.36.